The van der Waals surface area contributed by atoms with Gasteiger partial charge in [0.25, 0.3) is 6.43 Å². The maximum atomic E-state index is 13.3. The Balaban J connectivity index is 1.88. The largest absolute Gasteiger partial charge is 0.481 e. The van der Waals surface area contributed by atoms with Crippen molar-refractivity contribution in [1.82, 2.24) is 9.80 Å². The van der Waals surface area contributed by atoms with Crippen LogP contribution in [0, 0.1) is 5.92 Å². The predicted molar refractivity (Wildman–Crippen MR) is 84.9 cm³/mol. The van der Waals surface area contributed by atoms with E-state index in [1.54, 1.807) is 24.3 Å². The molecule has 2 rings (SSSR count). The van der Waals surface area contributed by atoms with Crippen molar-refractivity contribution in [2.75, 3.05) is 26.2 Å². The third-order valence-electron chi connectivity index (χ3n) is 4.32. The number of benzene rings is 1. The van der Waals surface area contributed by atoms with Crippen LogP contribution in [0.2, 0.25) is 0 Å². The SMILES string of the molecule is O=C(O)[C@@H](CC(=O)N1CCN(C(F)C(F)F)CC1)Cc1ccccc1. The molecule has 0 radical (unpaired) electrons. The van der Waals surface area contributed by atoms with E-state index in [9.17, 15) is 27.9 Å². The molecule has 0 aromatic heterocycles. The lowest BCUT2D eigenvalue weighted by Crippen LogP contribution is -2.52. The maximum Gasteiger partial charge on any atom is 0.307 e. The van der Waals surface area contributed by atoms with Crippen LogP contribution < -0.4 is 0 Å². The van der Waals surface area contributed by atoms with Crippen molar-refractivity contribution < 1.29 is 27.9 Å². The van der Waals surface area contributed by atoms with E-state index in [0.717, 1.165) is 10.5 Å². The van der Waals surface area contributed by atoms with Crippen molar-refractivity contribution in [1.29, 1.82) is 0 Å². The normalized spacial score (nSPS) is 18.2. The number of hydrogen-bond donors (Lipinski definition) is 1. The number of rotatable bonds is 7. The topological polar surface area (TPSA) is 60.9 Å². The lowest BCUT2D eigenvalue weighted by Gasteiger charge is -2.36. The van der Waals surface area contributed by atoms with Gasteiger partial charge in [0.05, 0.1) is 5.92 Å². The van der Waals surface area contributed by atoms with E-state index in [1.165, 1.54) is 4.90 Å². The average molecular weight is 358 g/mol. The molecule has 1 N–H and O–H groups in total. The van der Waals surface area contributed by atoms with Gasteiger partial charge in [0.15, 0.2) is 0 Å². The number of nitrogens with zero attached hydrogens (tertiary/aromatic N) is 2. The van der Waals surface area contributed by atoms with Gasteiger partial charge in [-0.05, 0) is 12.0 Å². The monoisotopic (exact) mass is 358 g/mol. The quantitative estimate of drug-likeness (QED) is 0.758. The van der Waals surface area contributed by atoms with Crippen LogP contribution in [0.25, 0.3) is 0 Å². The molecule has 1 aliphatic rings. The Bertz CT molecular complexity index is 578. The molecule has 0 spiro atoms. The highest BCUT2D eigenvalue weighted by Gasteiger charge is 2.32. The molecule has 0 aliphatic carbocycles. The molecule has 1 aromatic rings. The Labute approximate surface area is 144 Å². The first-order chi connectivity index (χ1) is 11.9. The molecular weight excluding hydrogens is 337 g/mol. The first kappa shape index (κ1) is 19.2. The lowest BCUT2D eigenvalue weighted by molar-refractivity contribution is -0.147. The minimum Gasteiger partial charge on any atom is -0.481 e. The number of carbonyl (C=O) groups excluding carboxylic acids is 1. The minimum atomic E-state index is -3.08. The zero-order valence-electron chi connectivity index (χ0n) is 13.7. The summed E-state index contributed by atoms with van der Waals surface area (Å²) in [7, 11) is 0. The number of alkyl halides is 3. The van der Waals surface area contributed by atoms with Crippen LogP contribution in [-0.2, 0) is 16.0 Å². The second-order valence-electron chi connectivity index (χ2n) is 6.05. The fraction of sp³-hybridized carbons (Fsp3) is 0.529. The van der Waals surface area contributed by atoms with Gasteiger partial charge in [-0.15, -0.1) is 0 Å². The zero-order chi connectivity index (χ0) is 18.4. The van der Waals surface area contributed by atoms with E-state index in [-0.39, 0.29) is 44.9 Å². The molecule has 1 heterocycles. The van der Waals surface area contributed by atoms with Gasteiger partial charge >= 0.3 is 5.97 Å². The van der Waals surface area contributed by atoms with Gasteiger partial charge in [0.2, 0.25) is 12.2 Å². The number of carboxylic acid groups (broad SMARTS) is 1. The second kappa shape index (κ2) is 8.84. The van der Waals surface area contributed by atoms with Gasteiger partial charge in [0.1, 0.15) is 0 Å². The molecule has 1 aliphatic heterocycles. The third-order valence-corrected chi connectivity index (χ3v) is 4.32. The van der Waals surface area contributed by atoms with Crippen molar-refractivity contribution in [3.63, 3.8) is 0 Å². The predicted octanol–water partition coefficient (Wildman–Crippen LogP) is 2.02. The molecule has 1 aromatic carbocycles. The summed E-state index contributed by atoms with van der Waals surface area (Å²) in [6.07, 6.45) is -5.34. The van der Waals surface area contributed by atoms with Crippen LogP contribution in [0.1, 0.15) is 12.0 Å². The summed E-state index contributed by atoms with van der Waals surface area (Å²) in [6.45, 7) is 0.245. The van der Waals surface area contributed by atoms with E-state index in [2.05, 4.69) is 0 Å². The van der Waals surface area contributed by atoms with Gasteiger partial charge in [-0.25, -0.2) is 13.2 Å². The Morgan fingerprint density at radius 3 is 2.16 bits per heavy atom. The number of hydrogen-bond acceptors (Lipinski definition) is 3. The number of carboxylic acids is 1. The minimum absolute atomic E-state index is 0.00761. The number of aliphatic carboxylic acids is 1. The Morgan fingerprint density at radius 1 is 1.04 bits per heavy atom. The van der Waals surface area contributed by atoms with Crippen molar-refractivity contribution in [3.8, 4) is 0 Å². The first-order valence-corrected chi connectivity index (χ1v) is 8.09. The summed E-state index contributed by atoms with van der Waals surface area (Å²) in [5.74, 6) is -2.27. The highest BCUT2D eigenvalue weighted by molar-refractivity contribution is 5.82. The summed E-state index contributed by atoms with van der Waals surface area (Å²) >= 11 is 0. The van der Waals surface area contributed by atoms with Gasteiger partial charge in [0, 0.05) is 32.6 Å². The van der Waals surface area contributed by atoms with E-state index in [0.29, 0.717) is 0 Å². The van der Waals surface area contributed by atoms with Crippen molar-refractivity contribution in [2.45, 2.75) is 25.6 Å². The van der Waals surface area contributed by atoms with Gasteiger partial charge in [-0.2, -0.15) is 0 Å². The van der Waals surface area contributed by atoms with Crippen molar-refractivity contribution in [2.24, 2.45) is 5.92 Å². The standard InChI is InChI=1S/C17H21F3N2O3/c18-15(19)16(20)22-8-6-21(7-9-22)14(23)11-13(17(24)25)10-12-4-2-1-3-5-12/h1-5,13,15-16H,6-11H2,(H,24,25)/t13-,16?/m1/s1. The molecule has 1 amide bonds. The number of halogens is 3. The molecule has 0 bridgehead atoms. The molecule has 2 atom stereocenters. The van der Waals surface area contributed by atoms with Crippen LogP contribution in [0.3, 0.4) is 0 Å². The summed E-state index contributed by atoms with van der Waals surface area (Å²) in [4.78, 5) is 26.1. The summed E-state index contributed by atoms with van der Waals surface area (Å²) in [5, 5.41) is 9.35. The van der Waals surface area contributed by atoms with Gasteiger partial charge < -0.3 is 10.0 Å². The van der Waals surface area contributed by atoms with Crippen LogP contribution in [0.4, 0.5) is 13.2 Å². The van der Waals surface area contributed by atoms with Crippen molar-refractivity contribution >= 4 is 11.9 Å². The summed E-state index contributed by atoms with van der Waals surface area (Å²) in [6, 6.07) is 9.01. The van der Waals surface area contributed by atoms with E-state index in [1.807, 2.05) is 6.07 Å². The summed E-state index contributed by atoms with van der Waals surface area (Å²) < 4.78 is 38.0. The molecule has 138 valence electrons. The van der Waals surface area contributed by atoms with Gasteiger partial charge in [-0.1, -0.05) is 30.3 Å². The van der Waals surface area contributed by atoms with Crippen LogP contribution >= 0.6 is 0 Å². The van der Waals surface area contributed by atoms with Crippen LogP contribution in [-0.4, -0.2) is 65.7 Å². The average Bonchev–Trinajstić information content (AvgIpc) is 2.61. The van der Waals surface area contributed by atoms with E-state index < -0.39 is 24.6 Å². The summed E-state index contributed by atoms with van der Waals surface area (Å²) in [5.41, 5.74) is 0.824. The second-order valence-corrected chi connectivity index (χ2v) is 6.05. The number of amides is 1. The van der Waals surface area contributed by atoms with E-state index in [4.69, 9.17) is 0 Å². The zero-order valence-corrected chi connectivity index (χ0v) is 13.7. The Kier molecular flexibility index (Phi) is 6.81. The molecule has 0 saturated carbocycles. The third kappa shape index (κ3) is 5.45. The molecule has 5 nitrogen and oxygen atoms in total. The highest BCUT2D eigenvalue weighted by atomic mass is 19.3. The Morgan fingerprint density at radius 2 is 1.64 bits per heavy atom. The fourth-order valence-corrected chi connectivity index (χ4v) is 2.86. The molecular formula is C17H21F3N2O3. The molecule has 1 fully saturated rings. The number of piperazine rings is 1. The molecule has 25 heavy (non-hydrogen) atoms. The molecule has 8 heteroatoms. The highest BCUT2D eigenvalue weighted by Crippen LogP contribution is 2.18. The molecule has 1 unspecified atom stereocenters. The van der Waals surface area contributed by atoms with Crippen LogP contribution in [0.5, 0.6) is 0 Å². The lowest BCUT2D eigenvalue weighted by atomic mass is 9.95. The Hall–Kier alpha value is -2.09. The van der Waals surface area contributed by atoms with Gasteiger partial charge in [-0.3, -0.25) is 14.5 Å². The smallest absolute Gasteiger partial charge is 0.307 e. The molecule has 1 saturated heterocycles. The van der Waals surface area contributed by atoms with E-state index >= 15 is 0 Å². The maximum absolute atomic E-state index is 13.3. The number of carbonyl (C=O) groups is 2. The van der Waals surface area contributed by atoms with Crippen LogP contribution in [0.15, 0.2) is 30.3 Å². The fourth-order valence-electron chi connectivity index (χ4n) is 2.86. The van der Waals surface area contributed by atoms with Crippen molar-refractivity contribution in [3.05, 3.63) is 35.9 Å². The first-order valence-electron chi connectivity index (χ1n) is 8.09.